The molecule has 2 rings (SSSR count). The van der Waals surface area contributed by atoms with E-state index in [9.17, 15) is 0 Å². The Kier molecular flexibility index (Phi) is 3.70. The van der Waals surface area contributed by atoms with E-state index in [0.717, 1.165) is 11.7 Å². The highest BCUT2D eigenvalue weighted by Crippen LogP contribution is 2.26. The molecule has 1 saturated carbocycles. The number of hydrogen-bond donors (Lipinski definition) is 1. The molecule has 1 aromatic rings. The summed E-state index contributed by atoms with van der Waals surface area (Å²) in [5, 5.41) is 3.69. The summed E-state index contributed by atoms with van der Waals surface area (Å²) in [7, 11) is 0. The van der Waals surface area contributed by atoms with Crippen LogP contribution < -0.4 is 5.32 Å². The van der Waals surface area contributed by atoms with E-state index in [4.69, 9.17) is 4.42 Å². The van der Waals surface area contributed by atoms with E-state index < -0.39 is 0 Å². The van der Waals surface area contributed by atoms with E-state index in [2.05, 4.69) is 26.1 Å². The minimum Gasteiger partial charge on any atom is -0.467 e. The molecule has 0 radical (unpaired) electrons. The lowest BCUT2D eigenvalue weighted by atomic mass is 9.87. The summed E-state index contributed by atoms with van der Waals surface area (Å²) in [5.74, 6) is 2.01. The second-order valence-corrected chi connectivity index (χ2v) is 5.31. The van der Waals surface area contributed by atoms with Crippen molar-refractivity contribution in [2.75, 3.05) is 0 Å². The molecule has 2 heteroatoms. The van der Waals surface area contributed by atoms with Crippen LogP contribution in [-0.4, -0.2) is 6.04 Å². The number of nitrogens with one attached hydrogen (secondary N) is 1. The third-order valence-electron chi connectivity index (χ3n) is 3.80. The Morgan fingerprint density at radius 2 is 2.00 bits per heavy atom. The van der Waals surface area contributed by atoms with Crippen LogP contribution in [0.2, 0.25) is 0 Å². The Morgan fingerprint density at radius 1 is 1.31 bits per heavy atom. The summed E-state index contributed by atoms with van der Waals surface area (Å²) in [6.07, 6.45) is 7.13. The molecule has 1 fully saturated rings. The quantitative estimate of drug-likeness (QED) is 0.839. The average Bonchev–Trinajstić information content (AvgIpc) is 2.68. The maximum absolute atomic E-state index is 5.53. The highest BCUT2D eigenvalue weighted by atomic mass is 16.3. The molecule has 1 atom stereocenters. The summed E-state index contributed by atoms with van der Waals surface area (Å²) in [5.41, 5.74) is 1.25. The van der Waals surface area contributed by atoms with Gasteiger partial charge in [-0.25, -0.2) is 0 Å². The number of furan rings is 1. The molecular formula is C14H23NO. The van der Waals surface area contributed by atoms with Gasteiger partial charge < -0.3 is 9.73 Å². The third-order valence-corrected chi connectivity index (χ3v) is 3.80. The fourth-order valence-corrected chi connectivity index (χ4v) is 2.68. The summed E-state index contributed by atoms with van der Waals surface area (Å²) in [6.45, 7) is 6.67. The summed E-state index contributed by atoms with van der Waals surface area (Å²) in [6, 6.07) is 3.06. The molecule has 1 N–H and O–H groups in total. The van der Waals surface area contributed by atoms with Gasteiger partial charge in [-0.1, -0.05) is 6.92 Å². The molecule has 0 spiro atoms. The topological polar surface area (TPSA) is 25.2 Å². The molecule has 0 bridgehead atoms. The van der Waals surface area contributed by atoms with Crippen molar-refractivity contribution in [2.45, 2.75) is 58.5 Å². The largest absolute Gasteiger partial charge is 0.467 e. The molecular weight excluding hydrogens is 198 g/mol. The minimum absolute atomic E-state index is 0.341. The maximum atomic E-state index is 5.53. The van der Waals surface area contributed by atoms with Gasteiger partial charge in [0, 0.05) is 6.04 Å². The van der Waals surface area contributed by atoms with Gasteiger partial charge in [0.25, 0.3) is 0 Å². The van der Waals surface area contributed by atoms with Crippen LogP contribution in [0.5, 0.6) is 0 Å². The van der Waals surface area contributed by atoms with E-state index in [1.54, 1.807) is 6.26 Å². The fraction of sp³-hybridized carbons (Fsp3) is 0.714. The maximum Gasteiger partial charge on any atom is 0.123 e. The molecule has 1 heterocycles. The SMILES string of the molecule is Cc1ccoc1C(C)NC1CCC(C)CC1. The molecule has 0 aliphatic heterocycles. The zero-order chi connectivity index (χ0) is 11.5. The molecule has 0 amide bonds. The first-order chi connectivity index (χ1) is 7.66. The van der Waals surface area contributed by atoms with Crippen LogP contribution in [0.25, 0.3) is 0 Å². The first-order valence-electron chi connectivity index (χ1n) is 6.47. The molecule has 0 aromatic carbocycles. The van der Waals surface area contributed by atoms with Crippen LogP contribution in [0, 0.1) is 12.8 Å². The second-order valence-electron chi connectivity index (χ2n) is 5.31. The van der Waals surface area contributed by atoms with E-state index in [-0.39, 0.29) is 0 Å². The van der Waals surface area contributed by atoms with E-state index in [1.165, 1.54) is 31.2 Å². The molecule has 2 nitrogen and oxygen atoms in total. The van der Waals surface area contributed by atoms with Gasteiger partial charge in [-0.2, -0.15) is 0 Å². The van der Waals surface area contributed by atoms with Gasteiger partial charge in [0.15, 0.2) is 0 Å². The van der Waals surface area contributed by atoms with Gasteiger partial charge in [-0.15, -0.1) is 0 Å². The molecule has 1 aliphatic carbocycles. The minimum atomic E-state index is 0.341. The lowest BCUT2D eigenvalue weighted by Crippen LogP contribution is -2.34. The Balaban J connectivity index is 1.88. The average molecular weight is 221 g/mol. The molecule has 16 heavy (non-hydrogen) atoms. The van der Waals surface area contributed by atoms with E-state index in [0.29, 0.717) is 12.1 Å². The van der Waals surface area contributed by atoms with Gasteiger partial charge in [0.1, 0.15) is 5.76 Å². The zero-order valence-corrected chi connectivity index (χ0v) is 10.6. The number of rotatable bonds is 3. The lowest BCUT2D eigenvalue weighted by molar-refractivity contribution is 0.280. The number of hydrogen-bond acceptors (Lipinski definition) is 2. The standard InChI is InChI=1S/C14H23NO/c1-10-4-6-13(7-5-10)15-12(3)14-11(2)8-9-16-14/h8-10,12-13,15H,4-7H2,1-3H3. The normalized spacial score (nSPS) is 27.9. The first kappa shape index (κ1) is 11.7. The summed E-state index contributed by atoms with van der Waals surface area (Å²) in [4.78, 5) is 0. The summed E-state index contributed by atoms with van der Waals surface area (Å²) < 4.78 is 5.53. The van der Waals surface area contributed by atoms with Crippen LogP contribution in [0.15, 0.2) is 16.7 Å². The zero-order valence-electron chi connectivity index (χ0n) is 10.6. The Labute approximate surface area is 98.4 Å². The van der Waals surface area contributed by atoms with Gasteiger partial charge in [-0.05, 0) is 57.1 Å². The van der Waals surface area contributed by atoms with Crippen molar-refractivity contribution in [1.82, 2.24) is 5.32 Å². The van der Waals surface area contributed by atoms with Crippen molar-refractivity contribution in [3.63, 3.8) is 0 Å². The van der Waals surface area contributed by atoms with E-state index in [1.807, 2.05) is 6.07 Å². The van der Waals surface area contributed by atoms with Crippen molar-refractivity contribution in [3.05, 3.63) is 23.7 Å². The van der Waals surface area contributed by atoms with Crippen LogP contribution in [-0.2, 0) is 0 Å². The first-order valence-corrected chi connectivity index (χ1v) is 6.47. The van der Waals surface area contributed by atoms with Crippen molar-refractivity contribution in [1.29, 1.82) is 0 Å². The number of aryl methyl sites for hydroxylation is 1. The highest BCUT2D eigenvalue weighted by Gasteiger charge is 2.21. The second kappa shape index (κ2) is 5.05. The van der Waals surface area contributed by atoms with Crippen molar-refractivity contribution >= 4 is 0 Å². The molecule has 90 valence electrons. The lowest BCUT2D eigenvalue weighted by Gasteiger charge is -2.29. The predicted octanol–water partition coefficient (Wildman–Crippen LogP) is 3.82. The van der Waals surface area contributed by atoms with E-state index >= 15 is 0 Å². The monoisotopic (exact) mass is 221 g/mol. The van der Waals surface area contributed by atoms with Crippen LogP contribution in [0.4, 0.5) is 0 Å². The fourth-order valence-electron chi connectivity index (χ4n) is 2.68. The van der Waals surface area contributed by atoms with Crippen LogP contribution in [0.3, 0.4) is 0 Å². The molecule has 1 unspecified atom stereocenters. The Morgan fingerprint density at radius 3 is 2.56 bits per heavy atom. The van der Waals surface area contributed by atoms with Crippen LogP contribution in [0.1, 0.15) is 56.9 Å². The molecule has 1 aliphatic rings. The molecule has 1 aromatic heterocycles. The smallest absolute Gasteiger partial charge is 0.123 e. The van der Waals surface area contributed by atoms with Crippen molar-refractivity contribution in [3.8, 4) is 0 Å². The van der Waals surface area contributed by atoms with Crippen molar-refractivity contribution < 1.29 is 4.42 Å². The summed E-state index contributed by atoms with van der Waals surface area (Å²) >= 11 is 0. The predicted molar refractivity (Wildman–Crippen MR) is 66.4 cm³/mol. The van der Waals surface area contributed by atoms with Crippen molar-refractivity contribution in [2.24, 2.45) is 5.92 Å². The Hall–Kier alpha value is -0.760. The highest BCUT2D eigenvalue weighted by molar-refractivity contribution is 5.17. The van der Waals surface area contributed by atoms with Gasteiger partial charge >= 0.3 is 0 Å². The Bertz CT molecular complexity index is 323. The third kappa shape index (κ3) is 2.67. The molecule has 0 saturated heterocycles. The van der Waals surface area contributed by atoms with Gasteiger partial charge in [0.05, 0.1) is 12.3 Å². The van der Waals surface area contributed by atoms with Gasteiger partial charge in [-0.3, -0.25) is 0 Å². The van der Waals surface area contributed by atoms with Crippen LogP contribution >= 0.6 is 0 Å². The van der Waals surface area contributed by atoms with Gasteiger partial charge in [0.2, 0.25) is 0 Å².